The van der Waals surface area contributed by atoms with Gasteiger partial charge in [-0.15, -0.1) is 0 Å². The highest BCUT2D eigenvalue weighted by atomic mass is 19.4. The number of alkyl halides is 7. The molecule has 0 saturated heterocycles. The Kier molecular flexibility index (Phi) is 5.82. The van der Waals surface area contributed by atoms with Gasteiger partial charge in [-0.05, 0) is 34.1 Å². The van der Waals surface area contributed by atoms with Gasteiger partial charge in [0.05, 0.1) is 5.41 Å². The van der Waals surface area contributed by atoms with Crippen LogP contribution in [0.15, 0.2) is 0 Å². The van der Waals surface area contributed by atoms with Crippen molar-refractivity contribution in [1.29, 1.82) is 0 Å². The molecule has 0 aliphatic heterocycles. The Bertz CT molecular complexity index is 443. The van der Waals surface area contributed by atoms with E-state index in [0.29, 0.717) is 13.8 Å². The number of carbonyl (C=O) groups is 1. The molecule has 23 heavy (non-hydrogen) atoms. The van der Waals surface area contributed by atoms with Gasteiger partial charge in [-0.1, -0.05) is 6.92 Å². The van der Waals surface area contributed by atoms with E-state index in [-0.39, 0.29) is 6.42 Å². The van der Waals surface area contributed by atoms with Gasteiger partial charge in [-0.25, -0.2) is 8.78 Å². The third kappa shape index (κ3) is 3.56. The van der Waals surface area contributed by atoms with Crippen molar-refractivity contribution in [2.45, 2.75) is 70.8 Å². The second-order valence-electron chi connectivity index (χ2n) is 6.28. The topological polar surface area (TPSA) is 46.5 Å². The first-order chi connectivity index (χ1) is 9.88. The molecule has 10 heteroatoms. The molecule has 0 spiro atoms. The second kappa shape index (κ2) is 6.10. The average molecular weight is 356 g/mol. The first-order valence-electron chi connectivity index (χ1n) is 6.57. The molecule has 0 heterocycles. The fourth-order valence-electron chi connectivity index (χ4n) is 1.48. The number of esters is 1. The van der Waals surface area contributed by atoms with Gasteiger partial charge in [0.25, 0.3) is 12.0 Å². The van der Waals surface area contributed by atoms with Gasteiger partial charge in [-0.2, -0.15) is 22.0 Å². The van der Waals surface area contributed by atoms with Crippen LogP contribution in [0, 0.1) is 5.41 Å². The van der Waals surface area contributed by atoms with E-state index in [4.69, 9.17) is 5.11 Å². The predicted molar refractivity (Wildman–Crippen MR) is 66.2 cm³/mol. The van der Waals surface area contributed by atoms with Crippen LogP contribution in [-0.2, 0) is 9.53 Å². The van der Waals surface area contributed by atoms with Gasteiger partial charge in [0.15, 0.2) is 5.60 Å². The van der Waals surface area contributed by atoms with Crippen molar-refractivity contribution >= 4 is 5.97 Å². The Balaban J connectivity index is 5.92. The standard InChI is InChI=1S/C13H19F7O3/c1-6-9(2,3)8(21)23-10(4,5)12(16,17)11(22,7(14)15)13(18,19)20/h7,22H,6H2,1-5H3. The van der Waals surface area contributed by atoms with Crippen LogP contribution in [0.1, 0.15) is 41.0 Å². The first-order valence-corrected chi connectivity index (χ1v) is 6.57. The number of hydrogen-bond acceptors (Lipinski definition) is 3. The molecule has 0 radical (unpaired) electrons. The molecule has 0 rings (SSSR count). The molecule has 0 aliphatic carbocycles. The van der Waals surface area contributed by atoms with E-state index in [1.165, 1.54) is 20.8 Å². The Morgan fingerprint density at radius 1 is 1.04 bits per heavy atom. The summed E-state index contributed by atoms with van der Waals surface area (Å²) in [5.74, 6) is -6.81. The van der Waals surface area contributed by atoms with Crippen molar-refractivity contribution < 1.29 is 45.4 Å². The molecule has 0 saturated carbocycles. The average Bonchev–Trinajstić information content (AvgIpc) is 2.34. The number of halogens is 7. The van der Waals surface area contributed by atoms with Crippen LogP contribution in [0.3, 0.4) is 0 Å². The quantitative estimate of drug-likeness (QED) is 0.579. The minimum absolute atomic E-state index is 0.103. The van der Waals surface area contributed by atoms with E-state index >= 15 is 0 Å². The van der Waals surface area contributed by atoms with E-state index in [1.807, 2.05) is 0 Å². The zero-order valence-corrected chi connectivity index (χ0v) is 13.2. The van der Waals surface area contributed by atoms with Gasteiger partial charge >= 0.3 is 18.1 Å². The van der Waals surface area contributed by atoms with Crippen LogP contribution in [-0.4, -0.2) is 40.8 Å². The fraction of sp³-hybridized carbons (Fsp3) is 0.923. The first kappa shape index (κ1) is 21.9. The van der Waals surface area contributed by atoms with Crippen molar-refractivity contribution in [3.8, 4) is 0 Å². The molecule has 0 aromatic carbocycles. The summed E-state index contributed by atoms with van der Waals surface area (Å²) in [6.07, 6.45) is -11.1. The van der Waals surface area contributed by atoms with Crippen molar-refractivity contribution in [2.75, 3.05) is 0 Å². The largest absolute Gasteiger partial charge is 0.453 e. The fourth-order valence-corrected chi connectivity index (χ4v) is 1.48. The number of rotatable bonds is 6. The van der Waals surface area contributed by atoms with Crippen LogP contribution in [0.25, 0.3) is 0 Å². The molecule has 138 valence electrons. The second-order valence-corrected chi connectivity index (χ2v) is 6.28. The molecular weight excluding hydrogens is 337 g/mol. The summed E-state index contributed by atoms with van der Waals surface area (Å²) in [6.45, 7) is 4.72. The highest BCUT2D eigenvalue weighted by molar-refractivity contribution is 5.76. The monoisotopic (exact) mass is 356 g/mol. The predicted octanol–water partition coefficient (Wildman–Crippen LogP) is 3.94. The normalized spacial score (nSPS) is 17.1. The van der Waals surface area contributed by atoms with Gasteiger partial charge < -0.3 is 9.84 Å². The van der Waals surface area contributed by atoms with E-state index < -0.39 is 41.1 Å². The molecule has 1 unspecified atom stereocenters. The smallest absolute Gasteiger partial charge is 0.429 e. The molecule has 1 atom stereocenters. The number of carbonyl (C=O) groups excluding carboxylic acids is 1. The lowest BCUT2D eigenvalue weighted by atomic mass is 9.83. The van der Waals surface area contributed by atoms with Gasteiger partial charge in [0.1, 0.15) is 0 Å². The van der Waals surface area contributed by atoms with Gasteiger partial charge in [0.2, 0.25) is 0 Å². The third-order valence-corrected chi connectivity index (χ3v) is 3.77. The molecule has 0 bridgehead atoms. The lowest BCUT2D eigenvalue weighted by Crippen LogP contribution is -2.71. The molecule has 0 fully saturated rings. The summed E-state index contributed by atoms with van der Waals surface area (Å²) in [4.78, 5) is 11.8. The molecular formula is C13H19F7O3. The SMILES string of the molecule is CCC(C)(C)C(=O)OC(C)(C)C(F)(F)C(O)(C(F)F)C(F)(F)F. The molecule has 3 nitrogen and oxygen atoms in total. The van der Waals surface area contributed by atoms with Gasteiger partial charge in [0, 0.05) is 0 Å². The third-order valence-electron chi connectivity index (χ3n) is 3.77. The van der Waals surface area contributed by atoms with E-state index in [1.54, 1.807) is 0 Å². The maximum Gasteiger partial charge on any atom is 0.429 e. The Morgan fingerprint density at radius 2 is 1.43 bits per heavy atom. The van der Waals surface area contributed by atoms with Crippen molar-refractivity contribution in [1.82, 2.24) is 0 Å². The molecule has 0 aromatic rings. The Labute approximate surface area is 128 Å². The number of hydrogen-bond donors (Lipinski definition) is 1. The Morgan fingerprint density at radius 3 is 1.70 bits per heavy atom. The van der Waals surface area contributed by atoms with Crippen LogP contribution >= 0.6 is 0 Å². The highest BCUT2D eigenvalue weighted by Gasteiger charge is 2.79. The summed E-state index contributed by atoms with van der Waals surface area (Å²) in [6, 6.07) is 0. The molecule has 0 aromatic heterocycles. The molecule has 0 aliphatic rings. The van der Waals surface area contributed by atoms with Gasteiger partial charge in [-0.3, -0.25) is 4.79 Å². The summed E-state index contributed by atoms with van der Waals surface area (Å²) in [5.41, 5.74) is -10.3. The van der Waals surface area contributed by atoms with E-state index in [0.717, 1.165) is 0 Å². The van der Waals surface area contributed by atoms with Crippen LogP contribution in [0.2, 0.25) is 0 Å². The zero-order chi connectivity index (χ0) is 19.1. The molecule has 1 N–H and O–H groups in total. The lowest BCUT2D eigenvalue weighted by molar-refractivity contribution is -0.392. The van der Waals surface area contributed by atoms with E-state index in [9.17, 15) is 35.5 Å². The summed E-state index contributed by atoms with van der Waals surface area (Å²) in [5, 5.41) is 9.05. The number of ether oxygens (including phenoxy) is 1. The minimum Gasteiger partial charge on any atom is -0.453 e. The van der Waals surface area contributed by atoms with Crippen LogP contribution in [0.4, 0.5) is 30.7 Å². The highest BCUT2D eigenvalue weighted by Crippen LogP contribution is 2.52. The summed E-state index contributed by atoms with van der Waals surface area (Å²) in [7, 11) is 0. The maximum absolute atomic E-state index is 14.1. The Hall–Kier alpha value is -1.06. The summed E-state index contributed by atoms with van der Waals surface area (Å²) < 4.78 is 95.9. The van der Waals surface area contributed by atoms with Crippen LogP contribution < -0.4 is 0 Å². The van der Waals surface area contributed by atoms with Crippen molar-refractivity contribution in [3.05, 3.63) is 0 Å². The molecule has 0 amide bonds. The van der Waals surface area contributed by atoms with E-state index in [2.05, 4.69) is 4.74 Å². The zero-order valence-electron chi connectivity index (χ0n) is 13.2. The lowest BCUT2D eigenvalue weighted by Gasteiger charge is -2.44. The van der Waals surface area contributed by atoms with Crippen molar-refractivity contribution in [3.63, 3.8) is 0 Å². The summed E-state index contributed by atoms with van der Waals surface area (Å²) >= 11 is 0. The number of aliphatic hydroxyl groups is 1. The minimum atomic E-state index is -6.35. The maximum atomic E-state index is 14.1. The van der Waals surface area contributed by atoms with Crippen molar-refractivity contribution in [2.24, 2.45) is 5.41 Å². The van der Waals surface area contributed by atoms with Crippen LogP contribution in [0.5, 0.6) is 0 Å².